The third-order valence-corrected chi connectivity index (χ3v) is 4.94. The molecule has 0 spiro atoms. The molecule has 5 heteroatoms. The van der Waals surface area contributed by atoms with Crippen LogP contribution in [0, 0.1) is 13.8 Å². The lowest BCUT2D eigenvalue weighted by Gasteiger charge is -2.26. The average Bonchev–Trinajstić information content (AvgIpc) is 2.21. The molecule has 0 atom stereocenters. The van der Waals surface area contributed by atoms with Gasteiger partial charge in [0.25, 0.3) is 0 Å². The summed E-state index contributed by atoms with van der Waals surface area (Å²) in [6.07, 6.45) is 1.71. The lowest BCUT2D eigenvalue weighted by Crippen LogP contribution is -2.43. The van der Waals surface area contributed by atoms with E-state index in [1.165, 1.54) is 0 Å². The van der Waals surface area contributed by atoms with Gasteiger partial charge in [0.1, 0.15) is 0 Å². The monoisotopic (exact) mass is 284 g/mol. The van der Waals surface area contributed by atoms with Gasteiger partial charge >= 0.3 is 0 Å². The number of hydrogen-bond donors (Lipinski definition) is 2. The second-order valence-corrected chi connectivity index (χ2v) is 7.37. The van der Waals surface area contributed by atoms with Gasteiger partial charge in [-0.25, -0.2) is 13.1 Å². The summed E-state index contributed by atoms with van der Waals surface area (Å²) in [5.74, 6) is 0. The van der Waals surface area contributed by atoms with Crippen molar-refractivity contribution in [2.45, 2.75) is 57.9 Å². The highest BCUT2D eigenvalue weighted by atomic mass is 32.2. The van der Waals surface area contributed by atoms with Gasteiger partial charge in [-0.3, -0.25) is 0 Å². The Bertz CT molecular complexity index is 563. The third kappa shape index (κ3) is 3.94. The van der Waals surface area contributed by atoms with Crippen molar-refractivity contribution in [1.82, 2.24) is 4.72 Å². The van der Waals surface area contributed by atoms with Gasteiger partial charge in [-0.15, -0.1) is 0 Å². The molecule has 1 aromatic carbocycles. The molecule has 0 bridgehead atoms. The minimum Gasteiger partial charge on any atom is -0.398 e. The highest BCUT2D eigenvalue weighted by Gasteiger charge is 2.27. The van der Waals surface area contributed by atoms with Gasteiger partial charge in [0.15, 0.2) is 0 Å². The molecule has 0 unspecified atom stereocenters. The standard InChI is InChI=1S/C14H24N2O2S/c1-6-7-14(4,5)16-19(17,18)13-9-10(2)8-12(15)11(13)3/h8-9,16H,6-7,15H2,1-5H3. The number of nitrogens with one attached hydrogen (secondary N) is 1. The molecule has 0 amide bonds. The Balaban J connectivity index is 3.22. The third-order valence-electron chi connectivity index (χ3n) is 3.12. The van der Waals surface area contributed by atoms with Crippen LogP contribution in [0.2, 0.25) is 0 Å². The fourth-order valence-corrected chi connectivity index (χ4v) is 4.03. The first-order chi connectivity index (χ1) is 8.59. The van der Waals surface area contributed by atoms with Crippen molar-refractivity contribution in [3.8, 4) is 0 Å². The van der Waals surface area contributed by atoms with Crippen LogP contribution in [-0.2, 0) is 10.0 Å². The Morgan fingerprint density at radius 1 is 1.26 bits per heavy atom. The zero-order chi connectivity index (χ0) is 14.8. The second-order valence-electron chi connectivity index (χ2n) is 5.72. The van der Waals surface area contributed by atoms with Crippen LogP contribution in [0.15, 0.2) is 17.0 Å². The molecule has 0 heterocycles. The number of hydrogen-bond acceptors (Lipinski definition) is 3. The zero-order valence-corrected chi connectivity index (χ0v) is 13.2. The Morgan fingerprint density at radius 2 is 1.84 bits per heavy atom. The molecule has 19 heavy (non-hydrogen) atoms. The number of nitrogen functional groups attached to an aromatic ring is 1. The summed E-state index contributed by atoms with van der Waals surface area (Å²) in [7, 11) is -3.55. The van der Waals surface area contributed by atoms with E-state index in [4.69, 9.17) is 5.73 Å². The minimum absolute atomic E-state index is 0.272. The molecule has 3 N–H and O–H groups in total. The van der Waals surface area contributed by atoms with Gasteiger partial charge in [-0.2, -0.15) is 0 Å². The molecule has 4 nitrogen and oxygen atoms in total. The van der Waals surface area contributed by atoms with Crippen molar-refractivity contribution >= 4 is 15.7 Å². The maximum Gasteiger partial charge on any atom is 0.241 e. The van der Waals surface area contributed by atoms with Gasteiger partial charge in [0, 0.05) is 11.2 Å². The van der Waals surface area contributed by atoms with Gasteiger partial charge in [-0.1, -0.05) is 13.3 Å². The predicted octanol–water partition coefficient (Wildman–Crippen LogP) is 2.74. The number of sulfonamides is 1. The first-order valence-corrected chi connectivity index (χ1v) is 7.98. The SMILES string of the molecule is CCCC(C)(C)NS(=O)(=O)c1cc(C)cc(N)c1C. The molecule has 0 aliphatic carbocycles. The maximum atomic E-state index is 12.5. The van der Waals surface area contributed by atoms with Gasteiger partial charge < -0.3 is 5.73 Å². The van der Waals surface area contributed by atoms with E-state index >= 15 is 0 Å². The van der Waals surface area contributed by atoms with Crippen molar-refractivity contribution < 1.29 is 8.42 Å². The largest absolute Gasteiger partial charge is 0.398 e. The number of anilines is 1. The smallest absolute Gasteiger partial charge is 0.241 e. The van der Waals surface area contributed by atoms with Crippen LogP contribution < -0.4 is 10.5 Å². The number of aryl methyl sites for hydroxylation is 1. The molecule has 108 valence electrons. The lowest BCUT2D eigenvalue weighted by atomic mass is 10.0. The van der Waals surface area contributed by atoms with E-state index in [9.17, 15) is 8.42 Å². The molecule has 0 radical (unpaired) electrons. The zero-order valence-electron chi connectivity index (χ0n) is 12.4. The van der Waals surface area contributed by atoms with Crippen molar-refractivity contribution in [2.75, 3.05) is 5.73 Å². The van der Waals surface area contributed by atoms with Crippen molar-refractivity contribution in [3.63, 3.8) is 0 Å². The molecule has 0 saturated heterocycles. The predicted molar refractivity (Wildman–Crippen MR) is 79.6 cm³/mol. The van der Waals surface area contributed by atoms with Crippen LogP contribution in [0.5, 0.6) is 0 Å². The normalized spacial score (nSPS) is 12.7. The highest BCUT2D eigenvalue weighted by Crippen LogP contribution is 2.25. The van der Waals surface area contributed by atoms with Gasteiger partial charge in [0.2, 0.25) is 10.0 Å². The molecule has 0 saturated carbocycles. The number of benzene rings is 1. The summed E-state index contributed by atoms with van der Waals surface area (Å²) in [5.41, 5.74) is 7.34. The Labute approximate surface area is 116 Å². The summed E-state index contributed by atoms with van der Waals surface area (Å²) >= 11 is 0. The van der Waals surface area contributed by atoms with Crippen molar-refractivity contribution in [1.29, 1.82) is 0 Å². The van der Waals surface area contributed by atoms with E-state index in [-0.39, 0.29) is 4.90 Å². The molecule has 1 aromatic rings. The summed E-state index contributed by atoms with van der Waals surface area (Å²) in [6, 6.07) is 3.45. The Hall–Kier alpha value is -1.07. The summed E-state index contributed by atoms with van der Waals surface area (Å²) in [4.78, 5) is 0.272. The highest BCUT2D eigenvalue weighted by molar-refractivity contribution is 7.89. The minimum atomic E-state index is -3.55. The second kappa shape index (κ2) is 5.51. The van der Waals surface area contributed by atoms with Crippen molar-refractivity contribution in [3.05, 3.63) is 23.3 Å². The molecule has 0 aliphatic heterocycles. The van der Waals surface area contributed by atoms with Gasteiger partial charge in [0.05, 0.1) is 4.90 Å². The topological polar surface area (TPSA) is 72.2 Å². The van der Waals surface area contributed by atoms with Crippen LogP contribution in [0.25, 0.3) is 0 Å². The number of nitrogens with two attached hydrogens (primary N) is 1. The maximum absolute atomic E-state index is 12.5. The van der Waals surface area contributed by atoms with E-state index in [1.807, 2.05) is 27.7 Å². The average molecular weight is 284 g/mol. The first-order valence-electron chi connectivity index (χ1n) is 6.50. The van der Waals surface area contributed by atoms with Crippen LogP contribution in [0.4, 0.5) is 5.69 Å². The van der Waals surface area contributed by atoms with Crippen LogP contribution >= 0.6 is 0 Å². The number of rotatable bonds is 5. The molecular formula is C14H24N2O2S. The Kier molecular flexibility index (Phi) is 4.63. The van der Waals surface area contributed by atoms with Crippen LogP contribution in [0.1, 0.15) is 44.7 Å². The first kappa shape index (κ1) is 16.0. The summed E-state index contributed by atoms with van der Waals surface area (Å²) in [5, 5.41) is 0. The van der Waals surface area contributed by atoms with E-state index in [1.54, 1.807) is 19.1 Å². The fraction of sp³-hybridized carbons (Fsp3) is 0.571. The van der Waals surface area contributed by atoms with Gasteiger partial charge in [-0.05, 0) is 57.4 Å². The van der Waals surface area contributed by atoms with E-state index in [0.717, 1.165) is 18.4 Å². The summed E-state index contributed by atoms with van der Waals surface area (Å²) < 4.78 is 27.7. The molecule has 0 fully saturated rings. The Morgan fingerprint density at radius 3 is 2.37 bits per heavy atom. The van der Waals surface area contributed by atoms with E-state index in [0.29, 0.717) is 11.3 Å². The quantitative estimate of drug-likeness (QED) is 0.817. The fourth-order valence-electron chi connectivity index (χ4n) is 2.23. The molecule has 0 aromatic heterocycles. The van der Waals surface area contributed by atoms with Crippen LogP contribution in [-0.4, -0.2) is 14.0 Å². The lowest BCUT2D eigenvalue weighted by molar-refractivity contribution is 0.417. The van der Waals surface area contributed by atoms with Crippen LogP contribution in [0.3, 0.4) is 0 Å². The summed E-state index contributed by atoms with van der Waals surface area (Å²) in [6.45, 7) is 9.39. The molecular weight excluding hydrogens is 260 g/mol. The van der Waals surface area contributed by atoms with Crippen molar-refractivity contribution in [2.24, 2.45) is 0 Å². The van der Waals surface area contributed by atoms with E-state index < -0.39 is 15.6 Å². The van der Waals surface area contributed by atoms with E-state index in [2.05, 4.69) is 4.72 Å². The molecule has 0 aliphatic rings. The molecule has 1 rings (SSSR count).